The number of rotatable bonds is 10. The number of hydrogen-bond acceptors (Lipinski definition) is 4. The van der Waals surface area contributed by atoms with Gasteiger partial charge in [0.25, 0.3) is 0 Å². The molecule has 1 aliphatic rings. The van der Waals surface area contributed by atoms with E-state index in [1.165, 1.54) is 13.5 Å². The second-order valence-electron chi connectivity index (χ2n) is 6.75. The van der Waals surface area contributed by atoms with Crippen molar-refractivity contribution < 1.29 is 14.3 Å². The van der Waals surface area contributed by atoms with E-state index < -0.39 is 0 Å². The van der Waals surface area contributed by atoms with Gasteiger partial charge in [-0.3, -0.25) is 4.79 Å². The summed E-state index contributed by atoms with van der Waals surface area (Å²) in [7, 11) is 3.23. The summed E-state index contributed by atoms with van der Waals surface area (Å²) in [5, 5.41) is 6.92. The summed E-state index contributed by atoms with van der Waals surface area (Å²) >= 11 is 0. The lowest BCUT2D eigenvalue weighted by molar-refractivity contribution is -0.134. The van der Waals surface area contributed by atoms with Gasteiger partial charge in [-0.15, -0.1) is 0 Å². The van der Waals surface area contributed by atoms with Crippen molar-refractivity contribution >= 4 is 19.1 Å². The monoisotopic (exact) mass is 309 g/mol. The van der Waals surface area contributed by atoms with E-state index in [4.69, 9.17) is 9.49 Å². The summed E-state index contributed by atoms with van der Waals surface area (Å²) in [6.07, 6.45) is 4.21. The Morgan fingerprint density at radius 1 is 1.45 bits per heavy atom. The standard InChI is InChI=1S/C16H30BN2O3/c1-12(19-21-5)9-10-18-15(20)14(13-7-6-8-13)16(2,3)11-22-17-4/h13-14H,6-11H2,1-5H3,(H,18,20)/q-1/b19-12+. The van der Waals surface area contributed by atoms with Crippen LogP contribution in [0.1, 0.15) is 46.5 Å². The van der Waals surface area contributed by atoms with Gasteiger partial charge in [-0.05, 0) is 31.1 Å². The van der Waals surface area contributed by atoms with Crippen LogP contribution < -0.4 is 5.32 Å². The van der Waals surface area contributed by atoms with Crippen molar-refractivity contribution in [3.8, 4) is 0 Å². The highest BCUT2D eigenvalue weighted by atomic mass is 16.6. The number of nitrogens with one attached hydrogen (secondary N) is 1. The molecule has 0 aromatic carbocycles. The molecule has 0 bridgehead atoms. The maximum Gasteiger partial charge on any atom is 0.224 e. The van der Waals surface area contributed by atoms with Crippen LogP contribution in [0.15, 0.2) is 5.16 Å². The van der Waals surface area contributed by atoms with Crippen LogP contribution in [0.25, 0.3) is 0 Å². The molecule has 5 nitrogen and oxygen atoms in total. The number of carbonyl (C=O) groups excluding carboxylic acids is 1. The second-order valence-corrected chi connectivity index (χ2v) is 6.75. The molecule has 1 fully saturated rings. The predicted octanol–water partition coefficient (Wildman–Crippen LogP) is 2.64. The van der Waals surface area contributed by atoms with E-state index in [-0.39, 0.29) is 17.2 Å². The van der Waals surface area contributed by atoms with Crippen molar-refractivity contribution in [3.63, 3.8) is 0 Å². The fourth-order valence-electron chi connectivity index (χ4n) is 3.05. The molecule has 6 heteroatoms. The molecule has 0 aromatic heterocycles. The van der Waals surface area contributed by atoms with Crippen molar-refractivity contribution in [3.05, 3.63) is 0 Å². The fraction of sp³-hybridized carbons (Fsp3) is 0.875. The van der Waals surface area contributed by atoms with Gasteiger partial charge >= 0.3 is 0 Å². The molecule has 1 N–H and O–H groups in total. The van der Waals surface area contributed by atoms with E-state index >= 15 is 0 Å². The van der Waals surface area contributed by atoms with Gasteiger partial charge in [0, 0.05) is 25.5 Å². The lowest BCUT2D eigenvalue weighted by Crippen LogP contribution is -2.47. The van der Waals surface area contributed by atoms with E-state index in [9.17, 15) is 4.79 Å². The van der Waals surface area contributed by atoms with Gasteiger partial charge in [-0.2, -0.15) is 7.48 Å². The maximum atomic E-state index is 12.7. The first kappa shape index (κ1) is 19.0. The van der Waals surface area contributed by atoms with Gasteiger partial charge in [0.15, 0.2) is 0 Å². The first-order chi connectivity index (χ1) is 10.4. The van der Waals surface area contributed by atoms with Crippen molar-refractivity contribution in [2.75, 3.05) is 20.3 Å². The lowest BCUT2D eigenvalue weighted by atomic mass is 9.64. The third kappa shape index (κ3) is 5.63. The molecule has 1 rings (SSSR count). The van der Waals surface area contributed by atoms with Crippen LogP contribution in [0, 0.1) is 17.3 Å². The number of hydrogen-bond donors (Lipinski definition) is 1. The number of amides is 1. The van der Waals surface area contributed by atoms with Gasteiger partial charge in [0.05, 0.1) is 5.71 Å². The molecule has 0 saturated heterocycles. The smallest absolute Gasteiger partial charge is 0.224 e. The van der Waals surface area contributed by atoms with E-state index in [0.717, 1.165) is 18.6 Å². The Hall–Kier alpha value is -1.04. The summed E-state index contributed by atoms with van der Waals surface area (Å²) in [6, 6.07) is 0. The lowest BCUT2D eigenvalue weighted by Gasteiger charge is -2.43. The van der Waals surface area contributed by atoms with Crippen LogP contribution in [0.4, 0.5) is 0 Å². The molecular weight excluding hydrogens is 279 g/mol. The van der Waals surface area contributed by atoms with Gasteiger partial charge in [-0.1, -0.05) is 25.4 Å². The molecule has 1 unspecified atom stereocenters. The second kappa shape index (κ2) is 9.18. The Kier molecular flexibility index (Phi) is 7.94. The SMILES string of the molecule is C[B-]OCC(C)(C)C(C(=O)NCC/C(C)=N/OC)C1CCC1. The minimum Gasteiger partial charge on any atom is -0.661 e. The van der Waals surface area contributed by atoms with E-state index in [1.807, 2.05) is 13.7 Å². The third-order valence-electron chi connectivity index (χ3n) is 4.40. The predicted molar refractivity (Wildman–Crippen MR) is 89.9 cm³/mol. The van der Waals surface area contributed by atoms with E-state index in [0.29, 0.717) is 25.5 Å². The van der Waals surface area contributed by atoms with Crippen LogP contribution >= 0.6 is 0 Å². The van der Waals surface area contributed by atoms with Crippen molar-refractivity contribution in [2.24, 2.45) is 22.4 Å². The Balaban J connectivity index is 2.59. The minimum absolute atomic E-state index is 0.000806. The van der Waals surface area contributed by atoms with Gasteiger partial charge in [0.2, 0.25) is 5.91 Å². The average Bonchev–Trinajstić information content (AvgIpc) is 2.40. The van der Waals surface area contributed by atoms with Crippen LogP contribution in [0.3, 0.4) is 0 Å². The molecule has 1 aliphatic carbocycles. The zero-order chi connectivity index (χ0) is 16.6. The Bertz CT molecular complexity index is 382. The molecule has 2 radical (unpaired) electrons. The van der Waals surface area contributed by atoms with Crippen LogP contribution in [0.2, 0.25) is 6.82 Å². The van der Waals surface area contributed by atoms with Crippen molar-refractivity contribution in [1.29, 1.82) is 0 Å². The van der Waals surface area contributed by atoms with E-state index in [2.05, 4.69) is 24.3 Å². The molecule has 0 aromatic rings. The van der Waals surface area contributed by atoms with Crippen LogP contribution in [-0.2, 0) is 14.3 Å². The number of nitrogens with zero attached hydrogens (tertiary/aromatic N) is 1. The van der Waals surface area contributed by atoms with Gasteiger partial charge < -0.3 is 14.8 Å². The summed E-state index contributed by atoms with van der Waals surface area (Å²) in [6.45, 7) is 9.17. The maximum absolute atomic E-state index is 12.7. The molecule has 1 saturated carbocycles. The Labute approximate surface area is 135 Å². The normalized spacial score (nSPS) is 17.8. The fourth-order valence-corrected chi connectivity index (χ4v) is 3.05. The molecule has 1 atom stereocenters. The summed E-state index contributed by atoms with van der Waals surface area (Å²) in [5.74, 6) is 0.615. The number of oxime groups is 1. The molecule has 126 valence electrons. The van der Waals surface area contributed by atoms with Gasteiger partial charge in [-0.25, -0.2) is 6.82 Å². The first-order valence-electron chi connectivity index (χ1n) is 8.16. The highest BCUT2D eigenvalue weighted by Crippen LogP contribution is 2.43. The molecular formula is C16H30BN2O3-. The van der Waals surface area contributed by atoms with Crippen LogP contribution in [-0.4, -0.2) is 39.4 Å². The quantitative estimate of drug-likeness (QED) is 0.383. The molecule has 0 aliphatic heterocycles. The molecule has 1 amide bonds. The highest BCUT2D eigenvalue weighted by Gasteiger charge is 2.42. The molecule has 0 spiro atoms. The zero-order valence-corrected chi connectivity index (χ0v) is 14.6. The zero-order valence-electron chi connectivity index (χ0n) is 14.6. The molecule has 0 heterocycles. The minimum atomic E-state index is -0.169. The highest BCUT2D eigenvalue weighted by molar-refractivity contribution is 6.24. The average molecular weight is 309 g/mol. The topological polar surface area (TPSA) is 59.9 Å². The summed E-state index contributed by atoms with van der Waals surface area (Å²) in [5.41, 5.74) is 0.711. The third-order valence-corrected chi connectivity index (χ3v) is 4.40. The van der Waals surface area contributed by atoms with Crippen molar-refractivity contribution in [1.82, 2.24) is 5.32 Å². The first-order valence-corrected chi connectivity index (χ1v) is 8.16. The Morgan fingerprint density at radius 2 is 2.14 bits per heavy atom. The number of carbonyl (C=O) groups is 1. The van der Waals surface area contributed by atoms with Crippen molar-refractivity contribution in [2.45, 2.75) is 53.3 Å². The summed E-state index contributed by atoms with van der Waals surface area (Å²) in [4.78, 5) is 17.4. The van der Waals surface area contributed by atoms with Crippen LogP contribution in [0.5, 0.6) is 0 Å². The Morgan fingerprint density at radius 3 is 2.64 bits per heavy atom. The van der Waals surface area contributed by atoms with E-state index in [1.54, 1.807) is 7.48 Å². The molecule has 22 heavy (non-hydrogen) atoms. The largest absolute Gasteiger partial charge is 0.661 e. The van der Waals surface area contributed by atoms with Gasteiger partial charge in [0.1, 0.15) is 7.11 Å². The summed E-state index contributed by atoms with van der Waals surface area (Å²) < 4.78 is 5.48.